The van der Waals surface area contributed by atoms with Crippen LogP contribution in [-0.2, 0) is 0 Å². The van der Waals surface area contributed by atoms with Gasteiger partial charge in [-0.1, -0.05) is 17.7 Å². The van der Waals surface area contributed by atoms with Crippen LogP contribution in [0.25, 0.3) is 0 Å². The van der Waals surface area contributed by atoms with Crippen LogP contribution in [0.5, 0.6) is 0 Å². The zero-order valence-corrected chi connectivity index (χ0v) is 8.56. The van der Waals surface area contributed by atoms with Crippen LogP contribution in [0, 0.1) is 17.2 Å². The van der Waals surface area contributed by atoms with E-state index in [0.29, 0.717) is 11.2 Å². The standard InChI is InChI=1S/C11H11NS/c1-7-8(2)13-11-5-9(6-12)3-4-10(7)11/h3-5,10-11H,1-2H3. The summed E-state index contributed by atoms with van der Waals surface area (Å²) in [6.07, 6.45) is 6.17. The third-order valence-electron chi connectivity index (χ3n) is 2.68. The van der Waals surface area contributed by atoms with Crippen LogP contribution in [-0.4, -0.2) is 5.25 Å². The van der Waals surface area contributed by atoms with Gasteiger partial charge in [0.25, 0.3) is 0 Å². The molecule has 1 aliphatic carbocycles. The number of nitriles is 1. The Kier molecular flexibility index (Phi) is 2.05. The van der Waals surface area contributed by atoms with Crippen molar-refractivity contribution >= 4 is 11.8 Å². The predicted molar refractivity (Wildman–Crippen MR) is 56.1 cm³/mol. The Labute approximate surface area is 82.8 Å². The number of nitrogens with zero attached hydrogens (tertiary/aromatic N) is 1. The maximum atomic E-state index is 8.75. The fourth-order valence-corrected chi connectivity index (χ4v) is 3.14. The molecule has 2 rings (SSSR count). The molecule has 0 aromatic heterocycles. The molecular formula is C11H11NS. The van der Waals surface area contributed by atoms with E-state index in [2.05, 4.69) is 32.1 Å². The molecule has 2 atom stereocenters. The van der Waals surface area contributed by atoms with Gasteiger partial charge in [-0.2, -0.15) is 5.26 Å². The number of hydrogen-bond acceptors (Lipinski definition) is 2. The van der Waals surface area contributed by atoms with Crippen LogP contribution in [0.1, 0.15) is 13.8 Å². The van der Waals surface area contributed by atoms with E-state index in [1.165, 1.54) is 10.5 Å². The summed E-state index contributed by atoms with van der Waals surface area (Å²) >= 11 is 1.88. The average molecular weight is 189 g/mol. The highest BCUT2D eigenvalue weighted by molar-refractivity contribution is 8.04. The summed E-state index contributed by atoms with van der Waals surface area (Å²) in [5.74, 6) is 0.530. The highest BCUT2D eigenvalue weighted by Gasteiger charge is 2.30. The van der Waals surface area contributed by atoms with Crippen molar-refractivity contribution in [3.63, 3.8) is 0 Å². The summed E-state index contributed by atoms with van der Waals surface area (Å²) in [4.78, 5) is 1.41. The van der Waals surface area contributed by atoms with Gasteiger partial charge in [0.1, 0.15) is 0 Å². The Morgan fingerprint density at radius 1 is 1.46 bits per heavy atom. The van der Waals surface area contributed by atoms with Crippen LogP contribution >= 0.6 is 11.8 Å². The molecule has 0 aromatic rings. The first-order chi connectivity index (χ1) is 6.22. The molecule has 2 aliphatic rings. The molecule has 0 saturated carbocycles. The quantitative estimate of drug-likeness (QED) is 0.585. The fraction of sp³-hybridized carbons (Fsp3) is 0.364. The molecule has 0 aromatic carbocycles. The highest BCUT2D eigenvalue weighted by atomic mass is 32.2. The second-order valence-electron chi connectivity index (χ2n) is 3.44. The molecule has 2 heteroatoms. The first-order valence-corrected chi connectivity index (χ1v) is 5.24. The SMILES string of the molecule is CC1=C(C)C2C=CC(C#N)=CC2S1. The van der Waals surface area contributed by atoms with Crippen LogP contribution in [0.15, 0.2) is 34.3 Å². The Morgan fingerprint density at radius 3 is 2.92 bits per heavy atom. The summed E-state index contributed by atoms with van der Waals surface area (Å²) in [5, 5.41) is 9.22. The van der Waals surface area contributed by atoms with Crippen LogP contribution in [0.4, 0.5) is 0 Å². The predicted octanol–water partition coefficient (Wildman–Crippen LogP) is 3.03. The molecule has 1 aliphatic heterocycles. The minimum absolute atomic E-state index is 0.472. The van der Waals surface area contributed by atoms with Crippen molar-refractivity contribution in [2.24, 2.45) is 5.92 Å². The van der Waals surface area contributed by atoms with Crippen molar-refractivity contribution in [3.8, 4) is 6.07 Å². The lowest BCUT2D eigenvalue weighted by Gasteiger charge is -2.17. The van der Waals surface area contributed by atoms with Gasteiger partial charge in [0.05, 0.1) is 6.07 Å². The van der Waals surface area contributed by atoms with Gasteiger partial charge in [0.2, 0.25) is 0 Å². The van der Waals surface area contributed by atoms with Crippen LogP contribution < -0.4 is 0 Å². The van der Waals surface area contributed by atoms with Gasteiger partial charge in [-0.3, -0.25) is 0 Å². The Balaban J connectivity index is 2.30. The smallest absolute Gasteiger partial charge is 0.0988 e. The van der Waals surface area contributed by atoms with Crippen molar-refractivity contribution in [2.45, 2.75) is 19.1 Å². The lowest BCUT2D eigenvalue weighted by atomic mass is 9.91. The van der Waals surface area contributed by atoms with Gasteiger partial charge in [0, 0.05) is 16.7 Å². The molecule has 13 heavy (non-hydrogen) atoms. The lowest BCUT2D eigenvalue weighted by Crippen LogP contribution is -2.12. The highest BCUT2D eigenvalue weighted by Crippen LogP contribution is 2.44. The summed E-state index contributed by atoms with van der Waals surface area (Å²) in [6.45, 7) is 4.34. The maximum Gasteiger partial charge on any atom is 0.0988 e. The molecule has 0 amide bonds. The van der Waals surface area contributed by atoms with E-state index in [4.69, 9.17) is 5.26 Å². The van der Waals surface area contributed by atoms with E-state index < -0.39 is 0 Å². The van der Waals surface area contributed by atoms with Crippen molar-refractivity contribution in [2.75, 3.05) is 0 Å². The normalized spacial score (nSPS) is 31.3. The second-order valence-corrected chi connectivity index (χ2v) is 4.83. The lowest BCUT2D eigenvalue weighted by molar-refractivity contribution is 0.794. The number of rotatable bonds is 0. The Bertz CT molecular complexity index is 368. The van der Waals surface area contributed by atoms with E-state index in [1.807, 2.05) is 17.8 Å². The van der Waals surface area contributed by atoms with Crippen molar-refractivity contribution in [1.29, 1.82) is 5.26 Å². The molecule has 0 radical (unpaired) electrons. The van der Waals surface area contributed by atoms with E-state index >= 15 is 0 Å². The Hall–Kier alpha value is -0.940. The number of hydrogen-bond donors (Lipinski definition) is 0. The maximum absolute atomic E-state index is 8.75. The van der Waals surface area contributed by atoms with Gasteiger partial charge < -0.3 is 0 Å². The molecule has 1 nitrogen and oxygen atoms in total. The summed E-state index contributed by atoms with van der Waals surface area (Å²) in [7, 11) is 0. The zero-order chi connectivity index (χ0) is 9.42. The Morgan fingerprint density at radius 2 is 2.23 bits per heavy atom. The molecule has 0 fully saturated rings. The first-order valence-electron chi connectivity index (χ1n) is 4.36. The largest absolute Gasteiger partial charge is 0.192 e. The molecule has 0 N–H and O–H groups in total. The van der Waals surface area contributed by atoms with Gasteiger partial charge in [0.15, 0.2) is 0 Å². The van der Waals surface area contributed by atoms with E-state index in [9.17, 15) is 0 Å². The van der Waals surface area contributed by atoms with Gasteiger partial charge in [-0.15, -0.1) is 11.8 Å². The average Bonchev–Trinajstić information content (AvgIpc) is 2.42. The molecule has 1 heterocycles. The van der Waals surface area contributed by atoms with Crippen molar-refractivity contribution in [3.05, 3.63) is 34.3 Å². The minimum atomic E-state index is 0.472. The van der Waals surface area contributed by atoms with E-state index in [1.54, 1.807) is 0 Å². The van der Waals surface area contributed by atoms with E-state index in [0.717, 1.165) is 5.57 Å². The topological polar surface area (TPSA) is 23.8 Å². The fourth-order valence-electron chi connectivity index (χ4n) is 1.76. The van der Waals surface area contributed by atoms with E-state index in [-0.39, 0.29) is 0 Å². The molecule has 0 bridgehead atoms. The van der Waals surface area contributed by atoms with Gasteiger partial charge in [-0.25, -0.2) is 0 Å². The second kappa shape index (κ2) is 3.08. The molecular weight excluding hydrogens is 178 g/mol. The number of thioether (sulfide) groups is 1. The van der Waals surface area contributed by atoms with Crippen molar-refractivity contribution < 1.29 is 0 Å². The summed E-state index contributed by atoms with van der Waals surface area (Å²) < 4.78 is 0. The third kappa shape index (κ3) is 1.34. The summed E-state index contributed by atoms with van der Waals surface area (Å²) in [5.41, 5.74) is 2.26. The van der Waals surface area contributed by atoms with Crippen LogP contribution in [0.3, 0.4) is 0 Å². The third-order valence-corrected chi connectivity index (χ3v) is 4.06. The molecule has 2 unspecified atom stereocenters. The molecule has 0 spiro atoms. The minimum Gasteiger partial charge on any atom is -0.192 e. The van der Waals surface area contributed by atoms with Gasteiger partial charge in [-0.05, 0) is 24.8 Å². The summed E-state index contributed by atoms with van der Waals surface area (Å²) in [6, 6.07) is 2.19. The first kappa shape index (κ1) is 8.65. The number of fused-ring (bicyclic) bond motifs is 1. The molecule has 0 saturated heterocycles. The molecule has 66 valence electrons. The van der Waals surface area contributed by atoms with Gasteiger partial charge >= 0.3 is 0 Å². The zero-order valence-electron chi connectivity index (χ0n) is 7.74. The van der Waals surface area contributed by atoms with Crippen LogP contribution in [0.2, 0.25) is 0 Å². The monoisotopic (exact) mass is 189 g/mol. The van der Waals surface area contributed by atoms with Crippen molar-refractivity contribution in [1.82, 2.24) is 0 Å². The number of allylic oxidation sites excluding steroid dienone is 5.